The first-order valence-electron chi connectivity index (χ1n) is 5.28. The number of rotatable bonds is 5. The monoisotopic (exact) mass is 220 g/mol. The van der Waals surface area contributed by atoms with Crippen LogP contribution in [0.4, 0.5) is 0 Å². The van der Waals surface area contributed by atoms with Crippen LogP contribution in [-0.2, 0) is 27.1 Å². The molecule has 0 bridgehead atoms. The molecule has 0 saturated heterocycles. The van der Waals surface area contributed by atoms with E-state index in [4.69, 9.17) is 0 Å². The lowest BCUT2D eigenvalue weighted by atomic mass is 10.4. The van der Waals surface area contributed by atoms with E-state index in [1.807, 2.05) is 26.4 Å². The first kappa shape index (κ1) is 10.8. The van der Waals surface area contributed by atoms with E-state index in [-0.39, 0.29) is 0 Å². The van der Waals surface area contributed by atoms with Gasteiger partial charge in [0.15, 0.2) is 5.82 Å². The highest BCUT2D eigenvalue weighted by Crippen LogP contribution is 1.93. The third-order valence-electron chi connectivity index (χ3n) is 2.25. The van der Waals surface area contributed by atoms with E-state index in [9.17, 15) is 0 Å². The molecular formula is C10H16N6. The first-order valence-corrected chi connectivity index (χ1v) is 5.28. The van der Waals surface area contributed by atoms with E-state index in [0.717, 1.165) is 31.0 Å². The number of aromatic nitrogens is 5. The zero-order valence-electron chi connectivity index (χ0n) is 9.59. The van der Waals surface area contributed by atoms with Crippen molar-refractivity contribution < 1.29 is 0 Å². The van der Waals surface area contributed by atoms with Crippen molar-refractivity contribution in [2.75, 3.05) is 6.54 Å². The fourth-order valence-electron chi connectivity index (χ4n) is 1.47. The van der Waals surface area contributed by atoms with Crippen LogP contribution in [0.5, 0.6) is 0 Å². The maximum Gasteiger partial charge on any atom is 0.151 e. The molecule has 2 aromatic rings. The van der Waals surface area contributed by atoms with Gasteiger partial charge in [0.2, 0.25) is 0 Å². The Balaban J connectivity index is 1.69. The van der Waals surface area contributed by atoms with Gasteiger partial charge in [0.1, 0.15) is 6.33 Å². The molecule has 16 heavy (non-hydrogen) atoms. The summed E-state index contributed by atoms with van der Waals surface area (Å²) in [5.41, 5.74) is 1.05. The Labute approximate surface area is 94.3 Å². The quantitative estimate of drug-likeness (QED) is 0.714. The molecule has 6 nitrogen and oxygen atoms in total. The zero-order chi connectivity index (χ0) is 11.4. The van der Waals surface area contributed by atoms with Gasteiger partial charge in [-0.3, -0.25) is 9.36 Å². The Kier molecular flexibility index (Phi) is 3.31. The van der Waals surface area contributed by atoms with Gasteiger partial charge >= 0.3 is 0 Å². The van der Waals surface area contributed by atoms with Crippen LogP contribution in [0.1, 0.15) is 11.5 Å². The van der Waals surface area contributed by atoms with Crippen molar-refractivity contribution in [1.82, 2.24) is 29.9 Å². The van der Waals surface area contributed by atoms with Crippen LogP contribution in [-0.4, -0.2) is 31.1 Å². The third-order valence-corrected chi connectivity index (χ3v) is 2.25. The highest BCUT2D eigenvalue weighted by Gasteiger charge is 1.99. The Morgan fingerprint density at radius 1 is 1.25 bits per heavy atom. The van der Waals surface area contributed by atoms with Gasteiger partial charge in [0.25, 0.3) is 0 Å². The minimum atomic E-state index is 0.785. The van der Waals surface area contributed by atoms with E-state index in [2.05, 4.69) is 20.5 Å². The van der Waals surface area contributed by atoms with Crippen LogP contribution < -0.4 is 5.32 Å². The van der Waals surface area contributed by atoms with Crippen LogP contribution in [0.25, 0.3) is 0 Å². The van der Waals surface area contributed by atoms with E-state index in [1.165, 1.54) is 0 Å². The molecule has 2 rings (SSSR count). The lowest BCUT2D eigenvalue weighted by Crippen LogP contribution is -2.17. The van der Waals surface area contributed by atoms with E-state index in [0.29, 0.717) is 0 Å². The van der Waals surface area contributed by atoms with Gasteiger partial charge in [-0.15, -0.1) is 0 Å². The molecule has 0 atom stereocenters. The van der Waals surface area contributed by atoms with Gasteiger partial charge in [-0.1, -0.05) is 0 Å². The molecule has 86 valence electrons. The second-order valence-corrected chi connectivity index (χ2v) is 3.74. The third kappa shape index (κ3) is 2.90. The SMILES string of the molecule is Cn1ccc(CNCCc2ncn(C)n2)n1. The highest BCUT2D eigenvalue weighted by atomic mass is 15.3. The predicted octanol–water partition coefficient (Wildman–Crippen LogP) is -0.119. The number of nitrogens with zero attached hydrogens (tertiary/aromatic N) is 5. The molecule has 0 unspecified atom stereocenters. The van der Waals surface area contributed by atoms with Crippen molar-refractivity contribution >= 4 is 0 Å². The number of hydrogen-bond donors (Lipinski definition) is 1. The number of hydrogen-bond acceptors (Lipinski definition) is 4. The van der Waals surface area contributed by atoms with Gasteiger partial charge in [0, 0.05) is 39.8 Å². The van der Waals surface area contributed by atoms with Crippen LogP contribution in [0.15, 0.2) is 18.6 Å². The summed E-state index contributed by atoms with van der Waals surface area (Å²) in [7, 11) is 3.79. The number of nitrogens with one attached hydrogen (secondary N) is 1. The molecule has 0 fully saturated rings. The molecular weight excluding hydrogens is 204 g/mol. The fraction of sp³-hybridized carbons (Fsp3) is 0.500. The highest BCUT2D eigenvalue weighted by molar-refractivity contribution is 4.98. The van der Waals surface area contributed by atoms with Crippen molar-refractivity contribution in [3.8, 4) is 0 Å². The molecule has 0 amide bonds. The van der Waals surface area contributed by atoms with Crippen molar-refractivity contribution in [3.05, 3.63) is 30.1 Å². The molecule has 0 aliphatic heterocycles. The maximum atomic E-state index is 4.28. The smallest absolute Gasteiger partial charge is 0.151 e. The number of aryl methyl sites for hydroxylation is 2. The molecule has 0 aliphatic rings. The second-order valence-electron chi connectivity index (χ2n) is 3.74. The Morgan fingerprint density at radius 2 is 2.12 bits per heavy atom. The summed E-state index contributed by atoms with van der Waals surface area (Å²) in [6, 6.07) is 2.01. The standard InChI is InChI=1S/C10H16N6/c1-15-6-4-9(13-15)7-11-5-3-10-12-8-16(2)14-10/h4,6,8,11H,3,5,7H2,1-2H3. The summed E-state index contributed by atoms with van der Waals surface area (Å²) in [6.07, 6.45) is 4.50. The molecule has 2 aromatic heterocycles. The summed E-state index contributed by atoms with van der Waals surface area (Å²) in [4.78, 5) is 4.16. The van der Waals surface area contributed by atoms with Crippen molar-refractivity contribution in [2.24, 2.45) is 14.1 Å². The normalized spacial score (nSPS) is 10.9. The van der Waals surface area contributed by atoms with Gasteiger partial charge in [0.05, 0.1) is 5.69 Å². The maximum absolute atomic E-state index is 4.28. The summed E-state index contributed by atoms with van der Waals surface area (Å²) >= 11 is 0. The van der Waals surface area contributed by atoms with Gasteiger partial charge < -0.3 is 5.32 Å². The van der Waals surface area contributed by atoms with Crippen LogP contribution in [0.3, 0.4) is 0 Å². The summed E-state index contributed by atoms with van der Waals surface area (Å²) < 4.78 is 3.52. The molecule has 0 aliphatic carbocycles. The average Bonchev–Trinajstić information content (AvgIpc) is 2.83. The molecule has 0 spiro atoms. The fourth-order valence-corrected chi connectivity index (χ4v) is 1.47. The Morgan fingerprint density at radius 3 is 2.75 bits per heavy atom. The van der Waals surface area contributed by atoms with E-state index >= 15 is 0 Å². The minimum Gasteiger partial charge on any atom is -0.311 e. The molecule has 0 aromatic carbocycles. The molecule has 0 saturated carbocycles. The van der Waals surface area contributed by atoms with Crippen LogP contribution >= 0.6 is 0 Å². The summed E-state index contributed by atoms with van der Waals surface area (Å²) in [5, 5.41) is 11.8. The van der Waals surface area contributed by atoms with E-state index in [1.54, 1.807) is 15.7 Å². The van der Waals surface area contributed by atoms with E-state index < -0.39 is 0 Å². The molecule has 0 radical (unpaired) electrons. The summed E-state index contributed by atoms with van der Waals surface area (Å²) in [6.45, 7) is 1.65. The lowest BCUT2D eigenvalue weighted by Gasteiger charge is -1.99. The van der Waals surface area contributed by atoms with Crippen LogP contribution in [0.2, 0.25) is 0 Å². The van der Waals surface area contributed by atoms with Crippen molar-refractivity contribution in [1.29, 1.82) is 0 Å². The largest absolute Gasteiger partial charge is 0.311 e. The van der Waals surface area contributed by atoms with Crippen molar-refractivity contribution in [2.45, 2.75) is 13.0 Å². The summed E-state index contributed by atoms with van der Waals surface area (Å²) in [5.74, 6) is 0.871. The molecule has 1 N–H and O–H groups in total. The first-order chi connectivity index (χ1) is 7.74. The lowest BCUT2D eigenvalue weighted by molar-refractivity contribution is 0.639. The van der Waals surface area contributed by atoms with Gasteiger partial charge in [-0.2, -0.15) is 10.2 Å². The topological polar surface area (TPSA) is 60.6 Å². The van der Waals surface area contributed by atoms with Gasteiger partial charge in [-0.05, 0) is 6.07 Å². The van der Waals surface area contributed by atoms with Crippen molar-refractivity contribution in [3.63, 3.8) is 0 Å². The Bertz CT molecular complexity index is 401. The molecule has 6 heteroatoms. The average molecular weight is 220 g/mol. The van der Waals surface area contributed by atoms with Crippen LogP contribution in [0, 0.1) is 0 Å². The minimum absolute atomic E-state index is 0.785. The zero-order valence-corrected chi connectivity index (χ0v) is 9.59. The molecule has 2 heterocycles. The Hall–Kier alpha value is -1.69. The predicted molar refractivity (Wildman–Crippen MR) is 59.6 cm³/mol. The second kappa shape index (κ2) is 4.89. The van der Waals surface area contributed by atoms with Gasteiger partial charge in [-0.25, -0.2) is 4.98 Å².